The largest absolute Gasteiger partial charge is 0.361 e. The Morgan fingerprint density at radius 3 is 2.78 bits per heavy atom. The van der Waals surface area contributed by atoms with Gasteiger partial charge in [0.25, 0.3) is 0 Å². The van der Waals surface area contributed by atoms with Gasteiger partial charge in [0.2, 0.25) is 0 Å². The summed E-state index contributed by atoms with van der Waals surface area (Å²) in [6.07, 6.45) is 2.73. The van der Waals surface area contributed by atoms with E-state index in [4.69, 9.17) is 4.98 Å². The smallest absolute Gasteiger partial charge is 0.183 e. The quantitative estimate of drug-likeness (QED) is 0.878. The molecule has 1 aliphatic carbocycles. The molecule has 0 bridgehead atoms. The lowest BCUT2D eigenvalue weighted by molar-refractivity contribution is 0.380. The van der Waals surface area contributed by atoms with Crippen LogP contribution in [0.1, 0.15) is 32.3 Å². The van der Waals surface area contributed by atoms with Crippen LogP contribution >= 0.6 is 11.3 Å². The number of aryl methyl sites for hydroxylation is 1. The van der Waals surface area contributed by atoms with Gasteiger partial charge in [0.1, 0.15) is 0 Å². The molecule has 1 aromatic heterocycles. The van der Waals surface area contributed by atoms with Crippen molar-refractivity contribution in [3.63, 3.8) is 0 Å². The molecule has 0 unspecified atom stereocenters. The molecule has 96 valence electrons. The normalized spacial score (nSPS) is 17.3. The topological polar surface area (TPSA) is 24.9 Å². The molecule has 0 amide bonds. The van der Waals surface area contributed by atoms with Crippen LogP contribution in [-0.4, -0.2) is 11.5 Å². The van der Waals surface area contributed by atoms with Gasteiger partial charge in [-0.1, -0.05) is 37.3 Å². The van der Waals surface area contributed by atoms with E-state index in [-0.39, 0.29) is 0 Å². The molecule has 1 saturated carbocycles. The second kappa shape index (κ2) is 4.23. The summed E-state index contributed by atoms with van der Waals surface area (Å²) in [5.74, 6) is 0.765. The molecular formula is C15H20N2S. The van der Waals surface area contributed by atoms with Crippen molar-refractivity contribution in [3.05, 3.63) is 23.8 Å². The van der Waals surface area contributed by atoms with Crippen LogP contribution in [0, 0.1) is 18.3 Å². The highest BCUT2D eigenvalue weighted by molar-refractivity contribution is 7.22. The second-order valence-corrected chi connectivity index (χ2v) is 6.84. The lowest BCUT2D eigenvalue weighted by Crippen LogP contribution is -2.20. The van der Waals surface area contributed by atoms with Crippen molar-refractivity contribution in [1.29, 1.82) is 0 Å². The van der Waals surface area contributed by atoms with Crippen LogP contribution in [-0.2, 0) is 0 Å². The minimum Gasteiger partial charge on any atom is -0.361 e. The Bertz CT molecular complexity index is 567. The van der Waals surface area contributed by atoms with Crippen LogP contribution in [0.5, 0.6) is 0 Å². The van der Waals surface area contributed by atoms with Crippen molar-refractivity contribution in [1.82, 2.24) is 4.98 Å². The Kier molecular flexibility index (Phi) is 2.81. The molecular weight excluding hydrogens is 240 g/mol. The number of thiazole rings is 1. The number of nitrogens with one attached hydrogen (secondary N) is 1. The van der Waals surface area contributed by atoms with Crippen molar-refractivity contribution in [2.24, 2.45) is 11.3 Å². The summed E-state index contributed by atoms with van der Waals surface area (Å²) in [5, 5.41) is 4.63. The third-order valence-corrected chi connectivity index (χ3v) is 5.31. The van der Waals surface area contributed by atoms with E-state index >= 15 is 0 Å². The van der Waals surface area contributed by atoms with E-state index in [9.17, 15) is 0 Å². The number of anilines is 1. The third kappa shape index (κ3) is 2.01. The minimum atomic E-state index is 0.535. The molecule has 3 heteroatoms. The Balaban J connectivity index is 1.78. The third-order valence-electron chi connectivity index (χ3n) is 4.33. The number of hydrogen-bond donors (Lipinski definition) is 1. The Labute approximate surface area is 112 Å². The fourth-order valence-electron chi connectivity index (χ4n) is 2.53. The van der Waals surface area contributed by atoms with Crippen molar-refractivity contribution in [2.75, 3.05) is 11.9 Å². The lowest BCUT2D eigenvalue weighted by atomic mass is 9.92. The van der Waals surface area contributed by atoms with Gasteiger partial charge in [-0.2, -0.15) is 0 Å². The molecule has 0 atom stereocenters. The van der Waals surface area contributed by atoms with Crippen molar-refractivity contribution >= 4 is 26.7 Å². The summed E-state index contributed by atoms with van der Waals surface area (Å²) in [4.78, 5) is 4.71. The average molecular weight is 260 g/mol. The zero-order valence-electron chi connectivity index (χ0n) is 11.3. The molecule has 0 aliphatic heterocycles. The maximum absolute atomic E-state index is 4.71. The van der Waals surface area contributed by atoms with E-state index in [2.05, 4.69) is 44.3 Å². The van der Waals surface area contributed by atoms with Gasteiger partial charge in [0.15, 0.2) is 5.13 Å². The van der Waals surface area contributed by atoms with E-state index in [1.807, 2.05) is 0 Å². The zero-order valence-corrected chi connectivity index (χ0v) is 12.1. The molecule has 1 heterocycles. The van der Waals surface area contributed by atoms with E-state index in [1.165, 1.54) is 23.1 Å². The second-order valence-electron chi connectivity index (χ2n) is 5.81. The molecule has 18 heavy (non-hydrogen) atoms. The Morgan fingerprint density at radius 1 is 1.39 bits per heavy atom. The van der Waals surface area contributed by atoms with Crippen LogP contribution in [0.2, 0.25) is 0 Å². The number of fused-ring (bicyclic) bond motifs is 1. The van der Waals surface area contributed by atoms with E-state index in [0.29, 0.717) is 5.41 Å². The molecule has 1 fully saturated rings. The number of hydrogen-bond acceptors (Lipinski definition) is 3. The fourth-order valence-corrected chi connectivity index (χ4v) is 3.47. The van der Waals surface area contributed by atoms with Gasteiger partial charge in [0, 0.05) is 6.54 Å². The van der Waals surface area contributed by atoms with Gasteiger partial charge in [-0.25, -0.2) is 4.98 Å². The number of benzene rings is 1. The zero-order chi connectivity index (χ0) is 12.8. The Hall–Kier alpha value is -1.09. The summed E-state index contributed by atoms with van der Waals surface area (Å²) in [6, 6.07) is 6.39. The summed E-state index contributed by atoms with van der Waals surface area (Å²) in [6.45, 7) is 7.86. The first kappa shape index (κ1) is 12.0. The average Bonchev–Trinajstić information content (AvgIpc) is 3.01. The summed E-state index contributed by atoms with van der Waals surface area (Å²) in [5.41, 5.74) is 2.95. The maximum Gasteiger partial charge on any atom is 0.183 e. The summed E-state index contributed by atoms with van der Waals surface area (Å²) >= 11 is 1.77. The first-order valence-corrected chi connectivity index (χ1v) is 7.52. The van der Waals surface area contributed by atoms with Crippen LogP contribution in [0.4, 0.5) is 5.13 Å². The highest BCUT2D eigenvalue weighted by Gasteiger charge is 2.45. The predicted octanol–water partition coefficient (Wildman–Crippen LogP) is 4.45. The molecule has 0 spiro atoms. The van der Waals surface area contributed by atoms with Crippen LogP contribution < -0.4 is 5.32 Å². The highest BCUT2D eigenvalue weighted by Crippen LogP contribution is 2.51. The van der Waals surface area contributed by atoms with Crippen molar-refractivity contribution in [3.8, 4) is 0 Å². The molecule has 0 saturated heterocycles. The maximum atomic E-state index is 4.71. The molecule has 2 nitrogen and oxygen atoms in total. The van der Waals surface area contributed by atoms with Crippen molar-refractivity contribution in [2.45, 2.75) is 33.6 Å². The van der Waals surface area contributed by atoms with E-state index < -0.39 is 0 Å². The SMILES string of the molecule is Cc1cccc2sc(NCC3(C(C)C)CC3)nc12. The highest BCUT2D eigenvalue weighted by atomic mass is 32.1. The van der Waals surface area contributed by atoms with Gasteiger partial charge < -0.3 is 5.32 Å². The van der Waals surface area contributed by atoms with Gasteiger partial charge in [-0.15, -0.1) is 0 Å². The lowest BCUT2D eigenvalue weighted by Gasteiger charge is -2.19. The van der Waals surface area contributed by atoms with E-state index in [0.717, 1.165) is 23.1 Å². The van der Waals surface area contributed by atoms with Gasteiger partial charge in [-0.3, -0.25) is 0 Å². The van der Waals surface area contributed by atoms with E-state index in [1.54, 1.807) is 11.3 Å². The molecule has 3 rings (SSSR count). The minimum absolute atomic E-state index is 0.535. The predicted molar refractivity (Wildman–Crippen MR) is 79.4 cm³/mol. The van der Waals surface area contributed by atoms with Gasteiger partial charge in [-0.05, 0) is 42.7 Å². The van der Waals surface area contributed by atoms with Gasteiger partial charge in [0.05, 0.1) is 10.2 Å². The number of rotatable bonds is 4. The van der Waals surface area contributed by atoms with Crippen LogP contribution in [0.15, 0.2) is 18.2 Å². The van der Waals surface area contributed by atoms with Crippen molar-refractivity contribution < 1.29 is 0 Å². The summed E-state index contributed by atoms with van der Waals surface area (Å²) < 4.78 is 1.28. The molecule has 2 aromatic rings. The fraction of sp³-hybridized carbons (Fsp3) is 0.533. The van der Waals surface area contributed by atoms with Gasteiger partial charge >= 0.3 is 0 Å². The Morgan fingerprint density at radius 2 is 2.17 bits per heavy atom. The standard InChI is InChI=1S/C15H20N2S/c1-10(2)15(7-8-15)9-16-14-17-13-11(3)5-4-6-12(13)18-14/h4-6,10H,7-9H2,1-3H3,(H,16,17). The summed E-state index contributed by atoms with van der Waals surface area (Å²) in [7, 11) is 0. The number of aromatic nitrogens is 1. The number of nitrogens with zero attached hydrogens (tertiary/aromatic N) is 1. The molecule has 1 N–H and O–H groups in total. The molecule has 0 radical (unpaired) electrons. The monoisotopic (exact) mass is 260 g/mol. The first-order chi connectivity index (χ1) is 8.61. The molecule has 1 aliphatic rings. The first-order valence-electron chi connectivity index (χ1n) is 6.71. The van der Waals surface area contributed by atoms with Crippen LogP contribution in [0.25, 0.3) is 10.2 Å². The number of para-hydroxylation sites is 1. The van der Waals surface area contributed by atoms with Crippen LogP contribution in [0.3, 0.4) is 0 Å². The molecule has 1 aromatic carbocycles.